The van der Waals surface area contributed by atoms with Gasteiger partial charge in [0.15, 0.2) is 9.84 Å². The third-order valence-corrected chi connectivity index (χ3v) is 5.70. The normalized spacial score (nSPS) is 17.7. The number of benzene rings is 1. The van der Waals surface area contributed by atoms with Crippen LogP contribution in [0, 0.1) is 0 Å². The Bertz CT molecular complexity index is 543. The molecule has 0 unspecified atom stereocenters. The Balaban J connectivity index is 2.05. The SMILES string of the molecule is CCS(=O)(=O)c1ccc(N2CCCN(CCO)CC2)cc1. The van der Waals surface area contributed by atoms with E-state index in [1.165, 1.54) is 0 Å². The summed E-state index contributed by atoms with van der Waals surface area (Å²) < 4.78 is 23.6. The molecule has 0 bridgehead atoms. The molecule has 0 atom stereocenters. The van der Waals surface area contributed by atoms with Crippen molar-refractivity contribution in [1.82, 2.24) is 4.90 Å². The molecule has 0 saturated carbocycles. The lowest BCUT2D eigenvalue weighted by atomic mass is 10.2. The van der Waals surface area contributed by atoms with Gasteiger partial charge in [-0.2, -0.15) is 0 Å². The van der Waals surface area contributed by atoms with Crippen LogP contribution >= 0.6 is 0 Å². The molecule has 0 radical (unpaired) electrons. The number of hydrogen-bond acceptors (Lipinski definition) is 5. The topological polar surface area (TPSA) is 60.9 Å². The second-order valence-electron chi connectivity index (χ2n) is 5.30. The van der Waals surface area contributed by atoms with Crippen molar-refractivity contribution in [1.29, 1.82) is 0 Å². The minimum atomic E-state index is -3.12. The van der Waals surface area contributed by atoms with Crippen molar-refractivity contribution in [2.75, 3.05) is 50.0 Å². The summed E-state index contributed by atoms with van der Waals surface area (Å²) in [5.74, 6) is 0.131. The summed E-state index contributed by atoms with van der Waals surface area (Å²) in [4.78, 5) is 4.93. The van der Waals surface area contributed by atoms with Gasteiger partial charge in [0.1, 0.15) is 0 Å². The summed E-state index contributed by atoms with van der Waals surface area (Å²) in [7, 11) is -3.12. The molecule has 1 aromatic carbocycles. The first-order valence-corrected chi connectivity index (χ1v) is 9.13. The highest BCUT2D eigenvalue weighted by Crippen LogP contribution is 2.20. The highest BCUT2D eigenvalue weighted by Gasteiger charge is 2.16. The molecule has 0 aromatic heterocycles. The molecule has 1 aliphatic rings. The lowest BCUT2D eigenvalue weighted by Gasteiger charge is -2.23. The molecule has 21 heavy (non-hydrogen) atoms. The van der Waals surface area contributed by atoms with Gasteiger partial charge in [0.25, 0.3) is 0 Å². The van der Waals surface area contributed by atoms with Crippen molar-refractivity contribution < 1.29 is 13.5 Å². The average molecular weight is 312 g/mol. The van der Waals surface area contributed by atoms with E-state index in [4.69, 9.17) is 5.11 Å². The monoisotopic (exact) mass is 312 g/mol. The number of β-amino-alcohol motifs (C(OH)–C–C–N with tert-alkyl or cyclic N) is 1. The zero-order chi connectivity index (χ0) is 15.3. The first-order valence-electron chi connectivity index (χ1n) is 7.48. The van der Waals surface area contributed by atoms with Gasteiger partial charge >= 0.3 is 0 Å². The van der Waals surface area contributed by atoms with E-state index < -0.39 is 9.84 Å². The molecule has 2 rings (SSSR count). The fourth-order valence-electron chi connectivity index (χ4n) is 2.63. The summed E-state index contributed by atoms with van der Waals surface area (Å²) in [5, 5.41) is 9.01. The second-order valence-corrected chi connectivity index (χ2v) is 7.58. The Morgan fingerprint density at radius 2 is 1.81 bits per heavy atom. The van der Waals surface area contributed by atoms with Crippen LogP contribution in [0.25, 0.3) is 0 Å². The third kappa shape index (κ3) is 4.18. The molecule has 1 fully saturated rings. The predicted octanol–water partition coefficient (Wildman–Crippen LogP) is 0.985. The smallest absolute Gasteiger partial charge is 0.178 e. The molecule has 6 heteroatoms. The number of rotatable bonds is 5. The van der Waals surface area contributed by atoms with E-state index in [0.29, 0.717) is 4.90 Å². The van der Waals surface area contributed by atoms with E-state index in [-0.39, 0.29) is 12.4 Å². The molecule has 5 nitrogen and oxygen atoms in total. The highest BCUT2D eigenvalue weighted by atomic mass is 32.2. The first kappa shape index (κ1) is 16.3. The fraction of sp³-hybridized carbons (Fsp3) is 0.600. The van der Waals surface area contributed by atoms with E-state index in [0.717, 1.165) is 44.8 Å². The van der Waals surface area contributed by atoms with E-state index in [1.807, 2.05) is 12.1 Å². The maximum Gasteiger partial charge on any atom is 0.178 e. The minimum Gasteiger partial charge on any atom is -0.395 e. The maximum absolute atomic E-state index is 11.8. The predicted molar refractivity (Wildman–Crippen MR) is 84.5 cm³/mol. The summed E-state index contributed by atoms with van der Waals surface area (Å²) >= 11 is 0. The number of sulfone groups is 1. The molecule has 118 valence electrons. The molecule has 0 aliphatic carbocycles. The molecule has 1 N–H and O–H groups in total. The van der Waals surface area contributed by atoms with Gasteiger partial charge in [-0.1, -0.05) is 6.92 Å². The van der Waals surface area contributed by atoms with Gasteiger partial charge in [0.2, 0.25) is 0 Å². The van der Waals surface area contributed by atoms with Gasteiger partial charge in [-0.3, -0.25) is 4.90 Å². The summed E-state index contributed by atoms with van der Waals surface area (Å²) in [6, 6.07) is 7.18. The molecule has 1 aliphatic heterocycles. The maximum atomic E-state index is 11.8. The van der Waals surface area contributed by atoms with Crippen molar-refractivity contribution in [3.05, 3.63) is 24.3 Å². The number of nitrogens with zero attached hydrogens (tertiary/aromatic N) is 2. The van der Waals surface area contributed by atoms with Crippen LogP contribution in [-0.4, -0.2) is 63.5 Å². The number of anilines is 1. The van der Waals surface area contributed by atoms with Crippen LogP contribution in [0.4, 0.5) is 5.69 Å². The van der Waals surface area contributed by atoms with Crippen LogP contribution in [0.3, 0.4) is 0 Å². The van der Waals surface area contributed by atoms with Crippen LogP contribution in [0.15, 0.2) is 29.2 Å². The van der Waals surface area contributed by atoms with Crippen molar-refractivity contribution >= 4 is 15.5 Å². The van der Waals surface area contributed by atoms with Crippen LogP contribution in [0.1, 0.15) is 13.3 Å². The Kier molecular flexibility index (Phi) is 5.61. The van der Waals surface area contributed by atoms with Crippen LogP contribution in [0.5, 0.6) is 0 Å². The molecule has 0 amide bonds. The standard InChI is InChI=1S/C15H24N2O3S/c1-2-21(19,20)15-6-4-14(5-7-15)17-9-3-8-16(10-11-17)12-13-18/h4-7,18H,2-3,8-13H2,1H3. The van der Waals surface area contributed by atoms with E-state index in [1.54, 1.807) is 19.1 Å². The van der Waals surface area contributed by atoms with E-state index >= 15 is 0 Å². The lowest BCUT2D eigenvalue weighted by Crippen LogP contribution is -2.32. The molecule has 1 saturated heterocycles. The largest absolute Gasteiger partial charge is 0.395 e. The number of hydrogen-bond donors (Lipinski definition) is 1. The van der Waals surface area contributed by atoms with Crippen molar-refractivity contribution in [3.8, 4) is 0 Å². The average Bonchev–Trinajstić information content (AvgIpc) is 2.73. The molecule has 1 heterocycles. The van der Waals surface area contributed by atoms with Gasteiger partial charge in [-0.25, -0.2) is 8.42 Å². The molecule has 0 spiro atoms. The Hall–Kier alpha value is -1.11. The van der Waals surface area contributed by atoms with E-state index in [2.05, 4.69) is 9.80 Å². The van der Waals surface area contributed by atoms with Crippen molar-refractivity contribution in [3.63, 3.8) is 0 Å². The molecular formula is C15H24N2O3S. The van der Waals surface area contributed by atoms with Gasteiger partial charge in [0, 0.05) is 31.9 Å². The Morgan fingerprint density at radius 1 is 1.10 bits per heavy atom. The molecule has 1 aromatic rings. The van der Waals surface area contributed by atoms with E-state index in [9.17, 15) is 8.42 Å². The van der Waals surface area contributed by atoms with Crippen LogP contribution < -0.4 is 4.90 Å². The third-order valence-electron chi connectivity index (χ3n) is 3.95. The Labute approximate surface area is 127 Å². The van der Waals surface area contributed by atoms with Gasteiger partial charge in [0.05, 0.1) is 17.3 Å². The van der Waals surface area contributed by atoms with Crippen LogP contribution in [-0.2, 0) is 9.84 Å². The zero-order valence-corrected chi connectivity index (χ0v) is 13.3. The summed E-state index contributed by atoms with van der Waals surface area (Å²) in [6.45, 7) is 6.37. The number of aliphatic hydroxyl groups excluding tert-OH is 1. The van der Waals surface area contributed by atoms with Gasteiger partial charge in [-0.05, 0) is 37.2 Å². The van der Waals surface area contributed by atoms with Crippen LogP contribution in [0.2, 0.25) is 0 Å². The summed E-state index contributed by atoms with van der Waals surface area (Å²) in [5.41, 5.74) is 1.07. The van der Waals surface area contributed by atoms with Crippen molar-refractivity contribution in [2.45, 2.75) is 18.2 Å². The van der Waals surface area contributed by atoms with Gasteiger partial charge < -0.3 is 10.0 Å². The number of aliphatic hydroxyl groups is 1. The Morgan fingerprint density at radius 3 is 2.43 bits per heavy atom. The van der Waals surface area contributed by atoms with Crippen molar-refractivity contribution in [2.24, 2.45) is 0 Å². The fourth-order valence-corrected chi connectivity index (χ4v) is 3.51. The minimum absolute atomic E-state index is 0.131. The molecular weight excluding hydrogens is 288 g/mol. The first-order chi connectivity index (χ1) is 10.1. The quantitative estimate of drug-likeness (QED) is 0.878. The van der Waals surface area contributed by atoms with Gasteiger partial charge in [-0.15, -0.1) is 0 Å². The highest BCUT2D eigenvalue weighted by molar-refractivity contribution is 7.91. The zero-order valence-electron chi connectivity index (χ0n) is 12.5. The summed E-state index contributed by atoms with van der Waals surface area (Å²) in [6.07, 6.45) is 1.05. The lowest BCUT2D eigenvalue weighted by molar-refractivity contribution is 0.204. The second kappa shape index (κ2) is 7.24.